The van der Waals surface area contributed by atoms with Crippen LogP contribution in [0, 0.1) is 0 Å². The van der Waals surface area contributed by atoms with Gasteiger partial charge in [-0.15, -0.1) is 0 Å². The zero-order valence-corrected chi connectivity index (χ0v) is 11.9. The molecule has 0 bridgehead atoms. The van der Waals surface area contributed by atoms with Crippen LogP contribution >= 0.6 is 12.2 Å². The van der Waals surface area contributed by atoms with Crippen molar-refractivity contribution in [1.29, 1.82) is 0 Å². The largest absolute Gasteiger partial charge is 0.385 e. The highest BCUT2D eigenvalue weighted by molar-refractivity contribution is 7.80. The van der Waals surface area contributed by atoms with Crippen molar-refractivity contribution in [2.24, 2.45) is 0 Å². The molecular weight excluding hydrogens is 250 g/mol. The van der Waals surface area contributed by atoms with Crippen LogP contribution in [-0.4, -0.2) is 55.8 Å². The minimum atomic E-state index is 0.224. The van der Waals surface area contributed by atoms with Crippen LogP contribution in [0.4, 0.5) is 0 Å². The predicted octanol–water partition coefficient (Wildman–Crippen LogP) is 0.500. The maximum atomic E-state index is 11.7. The van der Waals surface area contributed by atoms with Crippen LogP contribution in [0.5, 0.6) is 0 Å². The number of methoxy groups -OCH3 is 1. The second-order valence-corrected chi connectivity index (χ2v) is 4.78. The minimum Gasteiger partial charge on any atom is -0.385 e. The summed E-state index contributed by atoms with van der Waals surface area (Å²) in [6.45, 7) is 3.95. The first-order valence-corrected chi connectivity index (χ1v) is 6.93. The third kappa shape index (κ3) is 6.16. The predicted molar refractivity (Wildman–Crippen MR) is 75.5 cm³/mol. The van der Waals surface area contributed by atoms with Gasteiger partial charge in [0.2, 0.25) is 5.91 Å². The van der Waals surface area contributed by atoms with Crippen LogP contribution in [-0.2, 0) is 9.53 Å². The van der Waals surface area contributed by atoms with E-state index in [-0.39, 0.29) is 5.91 Å². The number of carbonyl (C=O) groups is 1. The Labute approximate surface area is 114 Å². The molecule has 1 fully saturated rings. The number of likely N-dealkylation sites (tertiary alicyclic amines) is 1. The fraction of sp³-hybridized carbons (Fsp3) is 0.833. The van der Waals surface area contributed by atoms with Gasteiger partial charge in [0.15, 0.2) is 5.11 Å². The molecule has 0 spiro atoms. The van der Waals surface area contributed by atoms with Crippen molar-refractivity contribution < 1.29 is 9.53 Å². The van der Waals surface area contributed by atoms with Gasteiger partial charge in [-0.1, -0.05) is 0 Å². The third-order valence-corrected chi connectivity index (χ3v) is 3.18. The molecule has 18 heavy (non-hydrogen) atoms. The number of nitrogens with zero attached hydrogens (tertiary/aromatic N) is 1. The Morgan fingerprint density at radius 3 is 2.61 bits per heavy atom. The van der Waals surface area contributed by atoms with Gasteiger partial charge in [-0.2, -0.15) is 0 Å². The summed E-state index contributed by atoms with van der Waals surface area (Å²) in [4.78, 5) is 13.7. The van der Waals surface area contributed by atoms with Crippen LogP contribution in [0.1, 0.15) is 25.7 Å². The lowest BCUT2D eigenvalue weighted by Crippen LogP contribution is -2.38. The van der Waals surface area contributed by atoms with Crippen molar-refractivity contribution in [3.63, 3.8) is 0 Å². The van der Waals surface area contributed by atoms with Crippen LogP contribution in [0.2, 0.25) is 0 Å². The fourth-order valence-electron chi connectivity index (χ4n) is 1.89. The average molecular weight is 273 g/mol. The van der Waals surface area contributed by atoms with Gasteiger partial charge in [0, 0.05) is 46.3 Å². The molecule has 1 aliphatic heterocycles. The van der Waals surface area contributed by atoms with Crippen LogP contribution < -0.4 is 10.6 Å². The zero-order valence-electron chi connectivity index (χ0n) is 11.0. The summed E-state index contributed by atoms with van der Waals surface area (Å²) in [5, 5.41) is 6.73. The van der Waals surface area contributed by atoms with E-state index in [1.807, 2.05) is 4.90 Å². The van der Waals surface area contributed by atoms with E-state index in [1.54, 1.807) is 7.11 Å². The Morgan fingerprint density at radius 1 is 1.28 bits per heavy atom. The van der Waals surface area contributed by atoms with Crippen molar-refractivity contribution in [1.82, 2.24) is 15.5 Å². The number of thiocarbonyl (C=S) groups is 1. The maximum Gasteiger partial charge on any atom is 0.224 e. The number of ether oxygens (including phenoxy) is 1. The van der Waals surface area contributed by atoms with Gasteiger partial charge in [-0.05, 0) is 31.5 Å². The Hall–Kier alpha value is -0.880. The van der Waals surface area contributed by atoms with Crippen molar-refractivity contribution in [3.05, 3.63) is 0 Å². The van der Waals surface area contributed by atoms with Gasteiger partial charge in [-0.3, -0.25) is 4.79 Å². The van der Waals surface area contributed by atoms with Gasteiger partial charge in [-0.25, -0.2) is 0 Å². The molecule has 0 atom stereocenters. The van der Waals surface area contributed by atoms with Gasteiger partial charge in [0.1, 0.15) is 0 Å². The molecule has 2 N–H and O–H groups in total. The first-order chi connectivity index (χ1) is 8.74. The number of nitrogens with one attached hydrogen (secondary N) is 2. The van der Waals surface area contributed by atoms with Gasteiger partial charge in [0.25, 0.3) is 0 Å². The molecule has 0 aliphatic carbocycles. The van der Waals surface area contributed by atoms with Crippen LogP contribution in [0.25, 0.3) is 0 Å². The van der Waals surface area contributed by atoms with E-state index < -0.39 is 0 Å². The summed E-state index contributed by atoms with van der Waals surface area (Å²) in [5.74, 6) is 0.224. The SMILES string of the molecule is COCCCNC(=S)NCCC(=O)N1CCCC1. The molecule has 0 aromatic rings. The molecule has 1 aliphatic rings. The zero-order chi connectivity index (χ0) is 13.2. The molecule has 1 rings (SSSR count). The molecule has 5 nitrogen and oxygen atoms in total. The molecular formula is C12H23N3O2S. The first-order valence-electron chi connectivity index (χ1n) is 6.52. The second kappa shape index (κ2) is 9.10. The summed E-state index contributed by atoms with van der Waals surface area (Å²) in [5.41, 5.74) is 0. The molecule has 0 aromatic carbocycles. The third-order valence-electron chi connectivity index (χ3n) is 2.89. The lowest BCUT2D eigenvalue weighted by Gasteiger charge is -2.16. The highest BCUT2D eigenvalue weighted by atomic mass is 32.1. The van der Waals surface area contributed by atoms with Crippen molar-refractivity contribution in [2.45, 2.75) is 25.7 Å². The highest BCUT2D eigenvalue weighted by Crippen LogP contribution is 2.08. The van der Waals surface area contributed by atoms with E-state index in [0.29, 0.717) is 18.1 Å². The van der Waals surface area contributed by atoms with E-state index in [2.05, 4.69) is 10.6 Å². The lowest BCUT2D eigenvalue weighted by molar-refractivity contribution is -0.129. The molecule has 0 saturated carbocycles. The summed E-state index contributed by atoms with van der Waals surface area (Å²) in [6.07, 6.45) is 3.71. The number of rotatable bonds is 7. The Morgan fingerprint density at radius 2 is 1.94 bits per heavy atom. The Kier molecular flexibility index (Phi) is 7.68. The molecule has 6 heteroatoms. The molecule has 0 aromatic heterocycles. The molecule has 1 saturated heterocycles. The summed E-state index contributed by atoms with van der Waals surface area (Å²) in [6, 6.07) is 0. The van der Waals surface area contributed by atoms with Gasteiger partial charge in [0.05, 0.1) is 0 Å². The van der Waals surface area contributed by atoms with Crippen molar-refractivity contribution in [3.8, 4) is 0 Å². The van der Waals surface area contributed by atoms with E-state index in [9.17, 15) is 4.79 Å². The topological polar surface area (TPSA) is 53.6 Å². The summed E-state index contributed by atoms with van der Waals surface area (Å²) < 4.78 is 4.94. The highest BCUT2D eigenvalue weighted by Gasteiger charge is 2.16. The van der Waals surface area contributed by atoms with Gasteiger partial charge < -0.3 is 20.3 Å². The van der Waals surface area contributed by atoms with Gasteiger partial charge >= 0.3 is 0 Å². The average Bonchev–Trinajstić information content (AvgIpc) is 2.88. The first kappa shape index (κ1) is 15.2. The summed E-state index contributed by atoms with van der Waals surface area (Å²) >= 11 is 5.10. The second-order valence-electron chi connectivity index (χ2n) is 4.37. The molecule has 104 valence electrons. The van der Waals surface area contributed by atoms with E-state index >= 15 is 0 Å². The minimum absolute atomic E-state index is 0.224. The van der Waals surface area contributed by atoms with E-state index in [0.717, 1.165) is 45.5 Å². The number of amides is 1. The smallest absolute Gasteiger partial charge is 0.224 e. The standard InChI is InChI=1S/C12H23N3O2S/c1-17-10-4-6-13-12(18)14-7-5-11(16)15-8-2-3-9-15/h2-10H2,1H3,(H2,13,14,18). The Balaban J connectivity index is 1.99. The number of hydrogen-bond acceptors (Lipinski definition) is 3. The number of hydrogen-bond donors (Lipinski definition) is 2. The quantitative estimate of drug-likeness (QED) is 0.522. The molecule has 1 heterocycles. The van der Waals surface area contributed by atoms with Crippen molar-refractivity contribution >= 4 is 23.2 Å². The lowest BCUT2D eigenvalue weighted by atomic mass is 10.3. The molecule has 0 radical (unpaired) electrons. The number of carbonyl (C=O) groups excluding carboxylic acids is 1. The summed E-state index contributed by atoms with van der Waals surface area (Å²) in [7, 11) is 1.68. The Bertz CT molecular complexity index is 268. The monoisotopic (exact) mass is 273 g/mol. The maximum absolute atomic E-state index is 11.7. The van der Waals surface area contributed by atoms with E-state index in [1.165, 1.54) is 0 Å². The van der Waals surface area contributed by atoms with E-state index in [4.69, 9.17) is 17.0 Å². The van der Waals surface area contributed by atoms with Crippen molar-refractivity contribution in [2.75, 3.05) is 39.9 Å². The fourth-order valence-corrected chi connectivity index (χ4v) is 2.09. The normalized spacial score (nSPS) is 14.6. The molecule has 0 unspecified atom stereocenters. The van der Waals surface area contributed by atoms with Crippen LogP contribution in [0.3, 0.4) is 0 Å². The molecule has 1 amide bonds. The van der Waals surface area contributed by atoms with Crippen LogP contribution in [0.15, 0.2) is 0 Å².